The van der Waals surface area contributed by atoms with Gasteiger partial charge < -0.3 is 4.90 Å². The van der Waals surface area contributed by atoms with Crippen molar-refractivity contribution in [2.24, 2.45) is 5.92 Å². The van der Waals surface area contributed by atoms with Crippen molar-refractivity contribution in [3.8, 4) is 6.07 Å². The smallest absolute Gasteiger partial charge is 0.227 e. The summed E-state index contributed by atoms with van der Waals surface area (Å²) in [5.41, 5.74) is 1.25. The number of amides is 1. The fourth-order valence-electron chi connectivity index (χ4n) is 1.93. The predicted molar refractivity (Wildman–Crippen MR) is 61.8 cm³/mol. The molecule has 0 saturated carbocycles. The molecule has 1 amide bonds. The molecule has 0 aromatic heterocycles. The van der Waals surface area contributed by atoms with Gasteiger partial charge in [0.25, 0.3) is 0 Å². The minimum atomic E-state index is 0.0626. The highest BCUT2D eigenvalue weighted by Gasteiger charge is 2.29. The molecule has 2 rings (SSSR count). The molecule has 1 atom stereocenters. The number of hydrogen-bond donors (Lipinski definition) is 0. The largest absolute Gasteiger partial charge is 0.310 e. The number of rotatable bonds is 2. The lowest BCUT2D eigenvalue weighted by molar-refractivity contribution is -0.117. The van der Waals surface area contributed by atoms with Crippen molar-refractivity contribution in [3.05, 3.63) is 42.5 Å². The molecule has 1 saturated heterocycles. The molecule has 0 N–H and O–H groups in total. The number of nitrogens with zero attached hydrogens (tertiary/aromatic N) is 2. The zero-order valence-corrected chi connectivity index (χ0v) is 8.89. The van der Waals surface area contributed by atoms with Crippen molar-refractivity contribution in [1.82, 2.24) is 0 Å². The molecule has 1 aliphatic rings. The zero-order valence-electron chi connectivity index (χ0n) is 8.89. The average molecular weight is 212 g/mol. The Balaban J connectivity index is 2.35. The highest BCUT2D eigenvalue weighted by atomic mass is 16.2. The highest BCUT2D eigenvalue weighted by molar-refractivity contribution is 5.97. The summed E-state index contributed by atoms with van der Waals surface area (Å²) >= 11 is 0. The van der Waals surface area contributed by atoms with Gasteiger partial charge in [0.2, 0.25) is 5.91 Å². The zero-order chi connectivity index (χ0) is 11.5. The molecule has 0 aliphatic carbocycles. The third kappa shape index (κ3) is 1.70. The van der Waals surface area contributed by atoms with E-state index < -0.39 is 0 Å². The van der Waals surface area contributed by atoms with Gasteiger partial charge in [0, 0.05) is 18.9 Å². The topological polar surface area (TPSA) is 44.1 Å². The van der Waals surface area contributed by atoms with Crippen LogP contribution in [-0.4, -0.2) is 12.5 Å². The maximum atomic E-state index is 11.8. The average Bonchev–Trinajstić information content (AvgIpc) is 2.70. The first-order valence-electron chi connectivity index (χ1n) is 5.18. The molecule has 0 radical (unpaired) electrons. The lowest BCUT2D eigenvalue weighted by atomic mass is 10.1. The Bertz CT molecular complexity index is 473. The van der Waals surface area contributed by atoms with E-state index in [1.807, 2.05) is 12.1 Å². The molecule has 0 spiro atoms. The van der Waals surface area contributed by atoms with Crippen LogP contribution in [0.4, 0.5) is 5.69 Å². The Kier molecular flexibility index (Phi) is 2.74. The molecule has 3 nitrogen and oxygen atoms in total. The normalized spacial score (nSPS) is 19.6. The number of carbonyl (C=O) groups excluding carboxylic acids is 1. The Morgan fingerprint density at radius 2 is 2.25 bits per heavy atom. The molecule has 1 fully saturated rings. The second kappa shape index (κ2) is 4.19. The second-order valence-electron chi connectivity index (χ2n) is 3.83. The summed E-state index contributed by atoms with van der Waals surface area (Å²) in [6, 6.07) is 9.28. The number of benzene rings is 1. The highest BCUT2D eigenvalue weighted by Crippen LogP contribution is 2.27. The minimum Gasteiger partial charge on any atom is -0.310 e. The summed E-state index contributed by atoms with van der Waals surface area (Å²) < 4.78 is 0. The van der Waals surface area contributed by atoms with Gasteiger partial charge in [-0.25, -0.2) is 0 Å². The van der Waals surface area contributed by atoms with Crippen LogP contribution < -0.4 is 4.90 Å². The molecular formula is C13H12N2O. The fourth-order valence-corrected chi connectivity index (χ4v) is 1.93. The van der Waals surface area contributed by atoms with Gasteiger partial charge in [0.1, 0.15) is 6.07 Å². The lowest BCUT2D eigenvalue weighted by Crippen LogP contribution is -2.25. The molecule has 0 bridgehead atoms. The van der Waals surface area contributed by atoms with E-state index in [1.54, 1.807) is 23.1 Å². The first-order chi connectivity index (χ1) is 7.76. The van der Waals surface area contributed by atoms with E-state index in [1.165, 1.54) is 0 Å². The fraction of sp³-hybridized carbons (Fsp3) is 0.231. The van der Waals surface area contributed by atoms with Crippen LogP contribution in [0.5, 0.6) is 0 Å². The number of carbonyl (C=O) groups is 1. The predicted octanol–water partition coefficient (Wildman–Crippen LogP) is 2.10. The first-order valence-corrected chi connectivity index (χ1v) is 5.18. The number of anilines is 1. The molecule has 1 heterocycles. The molecule has 80 valence electrons. The van der Waals surface area contributed by atoms with E-state index in [4.69, 9.17) is 5.26 Å². The molecule has 1 aliphatic heterocycles. The van der Waals surface area contributed by atoms with Gasteiger partial charge in [-0.3, -0.25) is 4.79 Å². The van der Waals surface area contributed by atoms with Crippen LogP contribution in [-0.2, 0) is 4.79 Å². The van der Waals surface area contributed by atoms with Gasteiger partial charge in [0.15, 0.2) is 0 Å². The molecule has 1 aromatic rings. The third-order valence-corrected chi connectivity index (χ3v) is 2.80. The van der Waals surface area contributed by atoms with Gasteiger partial charge >= 0.3 is 0 Å². The Labute approximate surface area is 94.6 Å². The number of nitriles is 1. The van der Waals surface area contributed by atoms with Crippen molar-refractivity contribution in [2.75, 3.05) is 11.4 Å². The van der Waals surface area contributed by atoms with Crippen LogP contribution in [0.15, 0.2) is 36.9 Å². The standard InChI is InChI=1S/C13H12N2O/c1-2-10-7-13(16)15(9-10)12-6-4-3-5-11(12)8-14/h2-6,10H,1,7,9H2. The van der Waals surface area contributed by atoms with E-state index in [0.717, 1.165) is 0 Å². The first kappa shape index (κ1) is 10.4. The minimum absolute atomic E-state index is 0.0626. The van der Waals surface area contributed by atoms with E-state index in [9.17, 15) is 4.79 Å². The van der Waals surface area contributed by atoms with Crippen molar-refractivity contribution < 1.29 is 4.79 Å². The van der Waals surface area contributed by atoms with Crippen LogP contribution in [0.1, 0.15) is 12.0 Å². The van der Waals surface area contributed by atoms with Crippen LogP contribution in [0, 0.1) is 17.2 Å². The van der Waals surface area contributed by atoms with Gasteiger partial charge in [-0.15, -0.1) is 6.58 Å². The quantitative estimate of drug-likeness (QED) is 0.704. The summed E-state index contributed by atoms with van der Waals surface area (Å²) in [7, 11) is 0. The van der Waals surface area contributed by atoms with Crippen molar-refractivity contribution in [2.45, 2.75) is 6.42 Å². The van der Waals surface area contributed by atoms with Crippen LogP contribution in [0.25, 0.3) is 0 Å². The summed E-state index contributed by atoms with van der Waals surface area (Å²) in [6.07, 6.45) is 2.29. The van der Waals surface area contributed by atoms with Crippen molar-refractivity contribution >= 4 is 11.6 Å². The summed E-state index contributed by atoms with van der Waals surface area (Å²) in [5, 5.41) is 8.98. The van der Waals surface area contributed by atoms with Gasteiger partial charge in [-0.2, -0.15) is 5.26 Å². The molecule has 1 unspecified atom stereocenters. The monoisotopic (exact) mass is 212 g/mol. The second-order valence-corrected chi connectivity index (χ2v) is 3.83. The van der Waals surface area contributed by atoms with Crippen molar-refractivity contribution in [3.63, 3.8) is 0 Å². The summed E-state index contributed by atoms with van der Waals surface area (Å²) in [6.45, 7) is 4.33. The van der Waals surface area contributed by atoms with E-state index in [0.29, 0.717) is 24.2 Å². The Morgan fingerprint density at radius 3 is 2.88 bits per heavy atom. The maximum absolute atomic E-state index is 11.8. The Morgan fingerprint density at radius 1 is 1.50 bits per heavy atom. The van der Waals surface area contributed by atoms with Crippen LogP contribution in [0.2, 0.25) is 0 Å². The van der Waals surface area contributed by atoms with E-state index in [2.05, 4.69) is 12.6 Å². The third-order valence-electron chi connectivity index (χ3n) is 2.80. The number of hydrogen-bond acceptors (Lipinski definition) is 2. The van der Waals surface area contributed by atoms with Crippen LogP contribution >= 0.6 is 0 Å². The SMILES string of the molecule is C=CC1CC(=O)N(c2ccccc2C#N)C1. The van der Waals surface area contributed by atoms with Gasteiger partial charge in [-0.1, -0.05) is 18.2 Å². The van der Waals surface area contributed by atoms with Gasteiger partial charge in [0.05, 0.1) is 11.3 Å². The van der Waals surface area contributed by atoms with Gasteiger partial charge in [-0.05, 0) is 12.1 Å². The Hall–Kier alpha value is -2.08. The van der Waals surface area contributed by atoms with Crippen LogP contribution in [0.3, 0.4) is 0 Å². The van der Waals surface area contributed by atoms with E-state index >= 15 is 0 Å². The summed E-state index contributed by atoms with van der Waals surface area (Å²) in [4.78, 5) is 13.5. The van der Waals surface area contributed by atoms with Crippen molar-refractivity contribution in [1.29, 1.82) is 5.26 Å². The molecule has 3 heteroatoms. The number of para-hydroxylation sites is 1. The molecular weight excluding hydrogens is 200 g/mol. The maximum Gasteiger partial charge on any atom is 0.227 e. The molecule has 1 aromatic carbocycles. The lowest BCUT2D eigenvalue weighted by Gasteiger charge is -2.17. The molecule has 16 heavy (non-hydrogen) atoms. The summed E-state index contributed by atoms with van der Waals surface area (Å²) in [5.74, 6) is 0.256. The van der Waals surface area contributed by atoms with E-state index in [-0.39, 0.29) is 11.8 Å².